The molecule has 8 heavy (non-hydrogen) atoms. The van der Waals surface area contributed by atoms with Crippen LogP contribution in [-0.4, -0.2) is 19.6 Å². The molecule has 0 N–H and O–H groups in total. The molecule has 1 unspecified atom stereocenters. The molecule has 0 aliphatic heterocycles. The molecular formula is C3H4Cl3NSi. The Kier molecular flexibility index (Phi) is 3.14. The zero-order chi connectivity index (χ0) is 6.78. The fourth-order valence-corrected chi connectivity index (χ4v) is 0.267. The molecule has 5 heteroatoms. The van der Waals surface area contributed by atoms with Crippen molar-refractivity contribution in [1.29, 1.82) is 5.26 Å². The molecular weight excluding hydrogens is 184 g/mol. The van der Waals surface area contributed by atoms with Gasteiger partial charge in [0.2, 0.25) is 4.33 Å². The summed E-state index contributed by atoms with van der Waals surface area (Å²) in [5.74, 6) is 0. The zero-order valence-electron chi connectivity index (χ0n) is 4.16. The monoisotopic (exact) mass is 187 g/mol. The number of hydrogen-bond donors (Lipinski definition) is 0. The molecule has 0 radical (unpaired) electrons. The molecule has 0 amide bonds. The second-order valence-corrected chi connectivity index (χ2v) is 5.28. The molecule has 46 valence electrons. The van der Waals surface area contributed by atoms with Crippen molar-refractivity contribution in [3.8, 4) is 6.07 Å². The van der Waals surface area contributed by atoms with E-state index in [1.807, 2.05) is 0 Å². The Labute approximate surface area is 65.9 Å². The van der Waals surface area contributed by atoms with Gasteiger partial charge in [-0.2, -0.15) is 5.26 Å². The molecule has 0 aromatic rings. The molecule has 0 aromatic heterocycles. The third kappa shape index (κ3) is 2.23. The SMILES string of the molecule is N#CC(Cl)(Cl)C([SiH3])Cl. The predicted octanol–water partition coefficient (Wildman–Crippen LogP) is 0.614. The number of rotatable bonds is 1. The molecule has 0 fully saturated rings. The van der Waals surface area contributed by atoms with E-state index in [-0.39, 0.29) is 0 Å². The maximum Gasteiger partial charge on any atom is 0.215 e. The first-order valence-electron chi connectivity index (χ1n) is 1.94. The van der Waals surface area contributed by atoms with Crippen LogP contribution >= 0.6 is 34.8 Å². The lowest BCUT2D eigenvalue weighted by molar-refractivity contribution is 1.07. The van der Waals surface area contributed by atoms with Crippen molar-refractivity contribution in [2.45, 2.75) is 9.33 Å². The van der Waals surface area contributed by atoms with Crippen molar-refractivity contribution in [3.63, 3.8) is 0 Å². The van der Waals surface area contributed by atoms with Crippen molar-refractivity contribution in [2.75, 3.05) is 0 Å². The van der Waals surface area contributed by atoms with Crippen molar-refractivity contribution in [3.05, 3.63) is 0 Å². The number of hydrogen-bond acceptors (Lipinski definition) is 1. The van der Waals surface area contributed by atoms with Gasteiger partial charge < -0.3 is 0 Å². The van der Waals surface area contributed by atoms with Crippen LogP contribution < -0.4 is 0 Å². The third-order valence-electron chi connectivity index (χ3n) is 0.649. The van der Waals surface area contributed by atoms with Crippen LogP contribution in [0.1, 0.15) is 0 Å². The Bertz CT molecular complexity index is 116. The molecule has 0 spiro atoms. The highest BCUT2D eigenvalue weighted by Gasteiger charge is 2.29. The summed E-state index contributed by atoms with van der Waals surface area (Å²) < 4.78 is -1.38. The van der Waals surface area contributed by atoms with Gasteiger partial charge in [-0.05, 0) is 0 Å². The first kappa shape index (κ1) is 8.58. The average molecular weight is 189 g/mol. The summed E-state index contributed by atoms with van der Waals surface area (Å²) in [6, 6.07) is 1.67. The standard InChI is InChI=1S/C3H4Cl3NSi/c4-2(8)3(5,6)1-7/h2H,8H3. The molecule has 0 aliphatic rings. The van der Waals surface area contributed by atoms with Gasteiger partial charge in [-0.1, -0.05) is 23.2 Å². The van der Waals surface area contributed by atoms with E-state index in [1.165, 1.54) is 0 Å². The van der Waals surface area contributed by atoms with Gasteiger partial charge in [-0.15, -0.1) is 11.6 Å². The fraction of sp³-hybridized carbons (Fsp3) is 0.667. The highest BCUT2D eigenvalue weighted by Crippen LogP contribution is 2.25. The Morgan fingerprint density at radius 1 is 1.62 bits per heavy atom. The summed E-state index contributed by atoms with van der Waals surface area (Å²) in [5.41, 5.74) is 0. The number of nitriles is 1. The molecule has 1 nitrogen and oxygen atoms in total. The number of halogens is 3. The van der Waals surface area contributed by atoms with Gasteiger partial charge in [-0.25, -0.2) is 0 Å². The summed E-state index contributed by atoms with van der Waals surface area (Å²) in [6.45, 7) is 0. The van der Waals surface area contributed by atoms with Crippen LogP contribution in [0.4, 0.5) is 0 Å². The second-order valence-electron chi connectivity index (χ2n) is 1.35. The largest absolute Gasteiger partial charge is 0.215 e. The minimum absolute atomic E-state index is 0.407. The lowest BCUT2D eigenvalue weighted by Crippen LogP contribution is -2.24. The Morgan fingerprint density at radius 2 is 2.00 bits per heavy atom. The minimum atomic E-state index is -1.38. The van der Waals surface area contributed by atoms with Gasteiger partial charge in [0.15, 0.2) is 0 Å². The van der Waals surface area contributed by atoms with Crippen LogP contribution in [0, 0.1) is 11.3 Å². The highest BCUT2D eigenvalue weighted by molar-refractivity contribution is 6.59. The smallest absolute Gasteiger partial charge is 0.195 e. The lowest BCUT2D eigenvalue weighted by atomic mass is 10.5. The molecule has 0 aliphatic carbocycles. The van der Waals surface area contributed by atoms with Gasteiger partial charge in [0.1, 0.15) is 6.07 Å². The number of nitrogens with zero attached hydrogens (tertiary/aromatic N) is 1. The van der Waals surface area contributed by atoms with Crippen LogP contribution in [-0.2, 0) is 0 Å². The molecule has 1 atom stereocenters. The molecule has 0 aromatic carbocycles. The van der Waals surface area contributed by atoms with E-state index in [4.69, 9.17) is 40.1 Å². The molecule has 0 rings (SSSR count). The highest BCUT2D eigenvalue weighted by atomic mass is 35.5. The quantitative estimate of drug-likeness (QED) is 0.437. The molecule has 0 bridgehead atoms. The topological polar surface area (TPSA) is 23.8 Å². The maximum atomic E-state index is 8.19. The zero-order valence-corrected chi connectivity index (χ0v) is 8.43. The second kappa shape index (κ2) is 2.93. The summed E-state index contributed by atoms with van der Waals surface area (Å²) in [5, 5.41) is 7.78. The fourth-order valence-electron chi connectivity index (χ4n) is 0.0889. The van der Waals surface area contributed by atoms with Gasteiger partial charge in [-0.3, -0.25) is 0 Å². The first-order chi connectivity index (χ1) is 3.50. The Balaban J connectivity index is 3.97. The van der Waals surface area contributed by atoms with E-state index >= 15 is 0 Å². The Hall–Kier alpha value is 0.577. The van der Waals surface area contributed by atoms with Crippen LogP contribution in [0.2, 0.25) is 0 Å². The van der Waals surface area contributed by atoms with E-state index in [2.05, 4.69) is 0 Å². The van der Waals surface area contributed by atoms with Crippen LogP contribution in [0.15, 0.2) is 0 Å². The first-order valence-corrected chi connectivity index (χ1v) is 4.28. The van der Waals surface area contributed by atoms with Crippen LogP contribution in [0.3, 0.4) is 0 Å². The molecule has 0 saturated carbocycles. The summed E-state index contributed by atoms with van der Waals surface area (Å²) in [4.78, 5) is 0. The van der Waals surface area contributed by atoms with E-state index in [0.717, 1.165) is 0 Å². The maximum absolute atomic E-state index is 8.19. The van der Waals surface area contributed by atoms with Crippen molar-refractivity contribution in [2.24, 2.45) is 0 Å². The van der Waals surface area contributed by atoms with Gasteiger partial charge in [0.05, 0.1) is 5.00 Å². The number of alkyl halides is 3. The van der Waals surface area contributed by atoms with Crippen molar-refractivity contribution >= 4 is 45.0 Å². The van der Waals surface area contributed by atoms with Crippen LogP contribution in [0.5, 0.6) is 0 Å². The Morgan fingerprint density at radius 3 is 2.00 bits per heavy atom. The average Bonchev–Trinajstić information content (AvgIpc) is 1.67. The van der Waals surface area contributed by atoms with Gasteiger partial charge >= 0.3 is 0 Å². The molecule has 0 saturated heterocycles. The third-order valence-corrected chi connectivity index (χ3v) is 3.62. The molecule has 0 heterocycles. The van der Waals surface area contributed by atoms with Crippen LogP contribution in [0.25, 0.3) is 0 Å². The normalized spacial score (nSPS) is 15.2. The van der Waals surface area contributed by atoms with Gasteiger partial charge in [0.25, 0.3) is 0 Å². The summed E-state index contributed by atoms with van der Waals surface area (Å²) in [6.07, 6.45) is 0. The van der Waals surface area contributed by atoms with Crippen molar-refractivity contribution < 1.29 is 0 Å². The predicted molar refractivity (Wildman–Crippen MR) is 39.6 cm³/mol. The lowest BCUT2D eigenvalue weighted by Gasteiger charge is -2.10. The van der Waals surface area contributed by atoms with Crippen molar-refractivity contribution in [1.82, 2.24) is 0 Å². The van der Waals surface area contributed by atoms with E-state index in [9.17, 15) is 0 Å². The summed E-state index contributed by atoms with van der Waals surface area (Å²) >= 11 is 16.2. The van der Waals surface area contributed by atoms with Gasteiger partial charge in [0, 0.05) is 10.2 Å². The van der Waals surface area contributed by atoms with E-state index in [1.54, 1.807) is 6.07 Å². The van der Waals surface area contributed by atoms with E-state index in [0.29, 0.717) is 10.2 Å². The van der Waals surface area contributed by atoms with E-state index < -0.39 is 9.33 Å². The summed E-state index contributed by atoms with van der Waals surface area (Å²) in [7, 11) is 0.616. The minimum Gasteiger partial charge on any atom is -0.195 e.